The fourth-order valence-electron chi connectivity index (χ4n) is 6.36. The summed E-state index contributed by atoms with van der Waals surface area (Å²) in [4.78, 5) is 27.0. The number of hydrogen-bond donors (Lipinski definition) is 1. The molecule has 2 heterocycles. The second-order valence-corrected chi connectivity index (χ2v) is 13.0. The lowest BCUT2D eigenvalue weighted by atomic mass is 9.70. The van der Waals surface area contributed by atoms with E-state index in [0.717, 1.165) is 43.7 Å². The zero-order chi connectivity index (χ0) is 27.0. The molecule has 1 aliphatic heterocycles. The third-order valence-electron chi connectivity index (χ3n) is 9.16. The average Bonchev–Trinajstić information content (AvgIpc) is 3.62. The van der Waals surface area contributed by atoms with E-state index in [1.165, 1.54) is 12.8 Å². The van der Waals surface area contributed by atoms with Crippen LogP contribution in [0.3, 0.4) is 0 Å². The summed E-state index contributed by atoms with van der Waals surface area (Å²) < 4.78 is 36.8. The standard InChI is InChI=1S/C18H22N2O2.C10H16O4S/c1-2-14(13-20-10-6-7-11-20)18(21)17-12-16(19-22-17)15-8-4-3-5-9-15;1-9(2)6-4-5-10(9,3)8(11)7(6)15(12,13)14/h3-5,8-9,12,14H,2,6-7,10-11,13H2,1H3;6-7H,4-5H2,1-3H3,(H,12,13,14). The fraction of sp³-hybridized carbons (Fsp3) is 0.607. The first-order valence-electron chi connectivity index (χ1n) is 13.2. The maximum Gasteiger partial charge on any atom is 0.275 e. The van der Waals surface area contributed by atoms with Gasteiger partial charge in [0.25, 0.3) is 10.1 Å². The van der Waals surface area contributed by atoms with E-state index in [0.29, 0.717) is 12.2 Å². The fourth-order valence-corrected chi connectivity index (χ4v) is 7.78. The van der Waals surface area contributed by atoms with Gasteiger partial charge < -0.3 is 9.42 Å². The number of hydrogen-bond acceptors (Lipinski definition) is 7. The van der Waals surface area contributed by atoms with Crippen molar-refractivity contribution in [1.82, 2.24) is 10.1 Å². The van der Waals surface area contributed by atoms with Gasteiger partial charge in [-0.15, -0.1) is 0 Å². The van der Waals surface area contributed by atoms with Gasteiger partial charge in [-0.1, -0.05) is 63.2 Å². The van der Waals surface area contributed by atoms with Gasteiger partial charge in [-0.05, 0) is 56.5 Å². The Morgan fingerprint density at radius 2 is 1.84 bits per heavy atom. The number of fused-ring (bicyclic) bond motifs is 2. The number of aromatic nitrogens is 1. The Morgan fingerprint density at radius 1 is 1.19 bits per heavy atom. The molecule has 8 nitrogen and oxygen atoms in total. The van der Waals surface area contributed by atoms with E-state index in [9.17, 15) is 18.0 Å². The number of benzene rings is 1. The molecule has 0 spiro atoms. The predicted molar refractivity (Wildman–Crippen MR) is 141 cm³/mol. The molecule has 3 fully saturated rings. The second-order valence-electron chi connectivity index (χ2n) is 11.4. The summed E-state index contributed by atoms with van der Waals surface area (Å²) >= 11 is 0. The van der Waals surface area contributed by atoms with E-state index < -0.39 is 20.8 Å². The molecule has 1 aromatic heterocycles. The number of Topliss-reactive ketones (excluding diaryl/α,β-unsaturated/α-hetero) is 2. The highest BCUT2D eigenvalue weighted by Crippen LogP contribution is 2.64. The molecule has 4 unspecified atom stereocenters. The van der Waals surface area contributed by atoms with Crippen molar-refractivity contribution in [1.29, 1.82) is 0 Å². The van der Waals surface area contributed by atoms with Crippen LogP contribution in [0.1, 0.15) is 70.4 Å². The number of carbonyl (C=O) groups is 2. The highest BCUT2D eigenvalue weighted by molar-refractivity contribution is 7.87. The minimum absolute atomic E-state index is 0.00493. The summed E-state index contributed by atoms with van der Waals surface area (Å²) in [5, 5.41) is 2.86. The van der Waals surface area contributed by atoms with Gasteiger partial charge in [0, 0.05) is 29.5 Å². The number of ketones is 2. The smallest absolute Gasteiger partial charge is 0.275 e. The quantitative estimate of drug-likeness (QED) is 0.396. The lowest BCUT2D eigenvalue weighted by Gasteiger charge is -2.32. The van der Waals surface area contributed by atoms with E-state index in [-0.39, 0.29) is 28.8 Å². The van der Waals surface area contributed by atoms with Crippen LogP contribution in [-0.2, 0) is 14.9 Å². The van der Waals surface area contributed by atoms with Gasteiger partial charge in [0.1, 0.15) is 10.9 Å². The molecule has 202 valence electrons. The SMILES string of the molecule is CC12CCC(C(S(=O)(=O)O)C1=O)C2(C)C.CCC(CN1CCCC1)C(=O)c1cc(-c2ccccc2)no1. The number of rotatable bonds is 7. The molecule has 2 bridgehead atoms. The van der Waals surface area contributed by atoms with Crippen LogP contribution in [0.5, 0.6) is 0 Å². The lowest BCUT2D eigenvalue weighted by Crippen LogP contribution is -2.38. The van der Waals surface area contributed by atoms with Crippen LogP contribution in [0.25, 0.3) is 11.3 Å². The van der Waals surface area contributed by atoms with E-state index >= 15 is 0 Å². The minimum atomic E-state index is -4.24. The Bertz CT molecular complexity index is 1230. The largest absolute Gasteiger partial charge is 0.352 e. The molecule has 1 aromatic carbocycles. The van der Waals surface area contributed by atoms with E-state index in [4.69, 9.17) is 9.08 Å². The zero-order valence-corrected chi connectivity index (χ0v) is 23.0. The lowest BCUT2D eigenvalue weighted by molar-refractivity contribution is -0.128. The summed E-state index contributed by atoms with van der Waals surface area (Å²) in [5.41, 5.74) is 0.778. The molecular formula is C28H38N2O6S. The molecular weight excluding hydrogens is 492 g/mol. The Morgan fingerprint density at radius 3 is 2.35 bits per heavy atom. The van der Waals surface area contributed by atoms with Crippen LogP contribution in [0.4, 0.5) is 0 Å². The summed E-state index contributed by atoms with van der Waals surface area (Å²) in [5.74, 6) is -0.0834. The molecule has 1 saturated heterocycles. The zero-order valence-electron chi connectivity index (χ0n) is 22.1. The van der Waals surface area contributed by atoms with Gasteiger partial charge in [-0.25, -0.2) is 0 Å². The molecule has 5 rings (SSSR count). The third-order valence-corrected chi connectivity index (χ3v) is 10.3. The first-order valence-corrected chi connectivity index (χ1v) is 14.7. The molecule has 0 amide bonds. The number of likely N-dealkylation sites (tertiary alicyclic amines) is 1. The number of nitrogens with zero attached hydrogens (tertiary/aromatic N) is 2. The van der Waals surface area contributed by atoms with Crippen molar-refractivity contribution < 1.29 is 27.1 Å². The Balaban J connectivity index is 0.000000186. The highest BCUT2D eigenvalue weighted by atomic mass is 32.2. The van der Waals surface area contributed by atoms with Gasteiger partial charge in [0.05, 0.1) is 0 Å². The predicted octanol–water partition coefficient (Wildman–Crippen LogP) is 4.91. The first-order chi connectivity index (χ1) is 17.4. The van der Waals surface area contributed by atoms with Crippen molar-refractivity contribution in [3.05, 3.63) is 42.2 Å². The van der Waals surface area contributed by atoms with Gasteiger partial charge in [0.2, 0.25) is 11.5 Å². The molecule has 2 saturated carbocycles. The molecule has 37 heavy (non-hydrogen) atoms. The van der Waals surface area contributed by atoms with Gasteiger partial charge >= 0.3 is 0 Å². The Hall–Kier alpha value is -2.36. The number of carbonyl (C=O) groups excluding carboxylic acids is 2. The normalized spacial score (nSPS) is 27.6. The van der Waals surface area contributed by atoms with Crippen molar-refractivity contribution in [2.24, 2.45) is 22.7 Å². The topological polar surface area (TPSA) is 118 Å². The Kier molecular flexibility index (Phi) is 7.79. The van der Waals surface area contributed by atoms with Crippen molar-refractivity contribution >= 4 is 21.7 Å². The van der Waals surface area contributed by atoms with Crippen LogP contribution in [-0.4, -0.2) is 59.5 Å². The maximum absolute atomic E-state index is 12.6. The molecule has 4 atom stereocenters. The highest BCUT2D eigenvalue weighted by Gasteiger charge is 2.69. The van der Waals surface area contributed by atoms with Crippen molar-refractivity contribution in [3.8, 4) is 11.3 Å². The van der Waals surface area contributed by atoms with Crippen molar-refractivity contribution in [2.45, 2.75) is 65.0 Å². The van der Waals surface area contributed by atoms with E-state index in [2.05, 4.69) is 17.0 Å². The van der Waals surface area contributed by atoms with Crippen LogP contribution >= 0.6 is 0 Å². The van der Waals surface area contributed by atoms with Gasteiger partial charge in [0.15, 0.2) is 5.78 Å². The molecule has 3 aliphatic rings. The summed E-state index contributed by atoms with van der Waals surface area (Å²) in [6, 6.07) is 11.6. The monoisotopic (exact) mass is 530 g/mol. The summed E-state index contributed by atoms with van der Waals surface area (Å²) in [7, 11) is -4.24. The Labute approximate surface area is 219 Å². The molecule has 1 N–H and O–H groups in total. The molecule has 9 heteroatoms. The molecule has 2 aromatic rings. The first kappa shape index (κ1) is 27.7. The summed E-state index contributed by atoms with van der Waals surface area (Å²) in [6.45, 7) is 10.8. The van der Waals surface area contributed by atoms with Crippen molar-refractivity contribution in [2.75, 3.05) is 19.6 Å². The van der Waals surface area contributed by atoms with E-state index in [1.807, 2.05) is 51.1 Å². The van der Waals surface area contributed by atoms with E-state index in [1.54, 1.807) is 6.07 Å². The van der Waals surface area contributed by atoms with Gasteiger partial charge in [-0.3, -0.25) is 14.1 Å². The molecule has 2 aliphatic carbocycles. The minimum Gasteiger partial charge on any atom is -0.352 e. The van der Waals surface area contributed by atoms with Crippen LogP contribution in [0.15, 0.2) is 40.9 Å². The second kappa shape index (κ2) is 10.4. The van der Waals surface area contributed by atoms with Crippen LogP contribution in [0.2, 0.25) is 0 Å². The third kappa shape index (κ3) is 5.18. The summed E-state index contributed by atoms with van der Waals surface area (Å²) in [6.07, 6.45) is 4.75. The van der Waals surface area contributed by atoms with Gasteiger partial charge in [-0.2, -0.15) is 8.42 Å². The van der Waals surface area contributed by atoms with Crippen LogP contribution < -0.4 is 0 Å². The maximum atomic E-state index is 12.6. The van der Waals surface area contributed by atoms with Crippen molar-refractivity contribution in [3.63, 3.8) is 0 Å². The molecule has 0 radical (unpaired) electrons. The average molecular weight is 531 g/mol. The van der Waals surface area contributed by atoms with Crippen LogP contribution in [0, 0.1) is 22.7 Å².